The lowest BCUT2D eigenvalue weighted by atomic mass is 9.98. The van der Waals surface area contributed by atoms with Gasteiger partial charge in [-0.2, -0.15) is 0 Å². The van der Waals surface area contributed by atoms with E-state index in [1.165, 1.54) is 44.1 Å². The van der Waals surface area contributed by atoms with Gasteiger partial charge in [0.2, 0.25) is 0 Å². The average molecular weight is 423 g/mol. The molecular weight excluding hydrogens is 392 g/mol. The van der Waals surface area contributed by atoms with Crippen molar-refractivity contribution in [1.29, 1.82) is 0 Å². The van der Waals surface area contributed by atoms with Crippen molar-refractivity contribution >= 4 is 0 Å². The van der Waals surface area contributed by atoms with Crippen molar-refractivity contribution in [3.8, 4) is 33.9 Å². The minimum atomic E-state index is 0.761. The SMILES string of the molecule is CCCCCCCCc1ccc(-c2cc(-c3ccccn3)nnc2-c2ccccn2)cc1. The Morgan fingerprint density at radius 3 is 2.00 bits per heavy atom. The molecule has 0 atom stereocenters. The fourth-order valence-electron chi connectivity index (χ4n) is 3.90. The summed E-state index contributed by atoms with van der Waals surface area (Å²) < 4.78 is 0. The molecule has 0 spiro atoms. The molecule has 0 aliphatic heterocycles. The monoisotopic (exact) mass is 422 g/mol. The van der Waals surface area contributed by atoms with Gasteiger partial charge in [0, 0.05) is 18.0 Å². The molecule has 4 heteroatoms. The van der Waals surface area contributed by atoms with Crippen molar-refractivity contribution in [2.75, 3.05) is 0 Å². The van der Waals surface area contributed by atoms with E-state index >= 15 is 0 Å². The highest BCUT2D eigenvalue weighted by Crippen LogP contribution is 2.31. The number of hydrogen-bond acceptors (Lipinski definition) is 4. The van der Waals surface area contributed by atoms with Crippen LogP contribution in [-0.4, -0.2) is 20.2 Å². The van der Waals surface area contributed by atoms with E-state index < -0.39 is 0 Å². The van der Waals surface area contributed by atoms with Crippen LogP contribution in [0.15, 0.2) is 79.1 Å². The second kappa shape index (κ2) is 11.3. The summed E-state index contributed by atoms with van der Waals surface area (Å²) in [6.45, 7) is 2.26. The topological polar surface area (TPSA) is 51.6 Å². The van der Waals surface area contributed by atoms with Gasteiger partial charge in [-0.1, -0.05) is 75.4 Å². The first-order valence-corrected chi connectivity index (χ1v) is 11.6. The highest BCUT2D eigenvalue weighted by molar-refractivity contribution is 5.81. The smallest absolute Gasteiger partial charge is 0.119 e. The Bertz CT molecular complexity index is 1090. The molecule has 162 valence electrons. The van der Waals surface area contributed by atoms with Crippen LogP contribution in [0, 0.1) is 0 Å². The summed E-state index contributed by atoms with van der Waals surface area (Å²) >= 11 is 0. The first-order chi connectivity index (χ1) is 15.8. The van der Waals surface area contributed by atoms with Gasteiger partial charge < -0.3 is 0 Å². The molecule has 0 unspecified atom stereocenters. The van der Waals surface area contributed by atoms with E-state index in [0.717, 1.165) is 40.3 Å². The highest BCUT2D eigenvalue weighted by Gasteiger charge is 2.14. The van der Waals surface area contributed by atoms with E-state index in [4.69, 9.17) is 0 Å². The second-order valence-electron chi connectivity index (χ2n) is 8.14. The van der Waals surface area contributed by atoms with E-state index in [2.05, 4.69) is 57.4 Å². The van der Waals surface area contributed by atoms with Gasteiger partial charge in [-0.05, 0) is 54.3 Å². The van der Waals surface area contributed by atoms with Crippen molar-refractivity contribution in [1.82, 2.24) is 20.2 Å². The van der Waals surface area contributed by atoms with Crippen molar-refractivity contribution < 1.29 is 0 Å². The van der Waals surface area contributed by atoms with E-state index in [0.29, 0.717) is 0 Å². The lowest BCUT2D eigenvalue weighted by Gasteiger charge is -2.11. The van der Waals surface area contributed by atoms with Crippen molar-refractivity contribution in [2.45, 2.75) is 51.9 Å². The molecule has 0 saturated heterocycles. The van der Waals surface area contributed by atoms with Crippen LogP contribution in [0.25, 0.3) is 33.9 Å². The highest BCUT2D eigenvalue weighted by atomic mass is 15.1. The minimum absolute atomic E-state index is 0.761. The van der Waals surface area contributed by atoms with Gasteiger partial charge in [-0.25, -0.2) is 0 Å². The fourth-order valence-corrected chi connectivity index (χ4v) is 3.90. The third-order valence-corrected chi connectivity index (χ3v) is 5.71. The molecule has 0 bridgehead atoms. The Hall–Kier alpha value is -3.40. The minimum Gasteiger partial charge on any atom is -0.255 e. The van der Waals surface area contributed by atoms with Gasteiger partial charge in [-0.3, -0.25) is 9.97 Å². The van der Waals surface area contributed by atoms with E-state index in [1.54, 1.807) is 12.4 Å². The molecule has 3 heterocycles. The standard InChI is InChI=1S/C28H30N4/c1-2-3-4-5-6-7-12-22-15-17-23(18-16-22)24-21-27(25-13-8-10-19-29-25)31-32-28(24)26-14-9-11-20-30-26/h8-11,13-21H,2-7,12H2,1H3. The predicted molar refractivity (Wildman–Crippen MR) is 131 cm³/mol. The Balaban J connectivity index is 1.58. The quantitative estimate of drug-likeness (QED) is 0.254. The van der Waals surface area contributed by atoms with Crippen LogP contribution < -0.4 is 0 Å². The summed E-state index contributed by atoms with van der Waals surface area (Å²) in [7, 11) is 0. The zero-order valence-electron chi connectivity index (χ0n) is 18.7. The Kier molecular flexibility index (Phi) is 7.69. The van der Waals surface area contributed by atoms with Crippen LogP contribution >= 0.6 is 0 Å². The molecule has 0 N–H and O–H groups in total. The first-order valence-electron chi connectivity index (χ1n) is 11.6. The number of pyridine rings is 2. The fraction of sp³-hybridized carbons (Fsp3) is 0.286. The van der Waals surface area contributed by atoms with Crippen molar-refractivity contribution in [3.05, 3.63) is 84.7 Å². The third-order valence-electron chi connectivity index (χ3n) is 5.71. The van der Waals surface area contributed by atoms with Crippen LogP contribution in [0.1, 0.15) is 51.0 Å². The van der Waals surface area contributed by atoms with Crippen LogP contribution in [0.4, 0.5) is 0 Å². The summed E-state index contributed by atoms with van der Waals surface area (Å²) in [4.78, 5) is 8.95. The molecule has 3 aromatic heterocycles. The molecular formula is C28H30N4. The number of aromatic nitrogens is 4. The summed E-state index contributed by atoms with van der Waals surface area (Å²) in [5.41, 5.74) is 6.70. The molecule has 1 aromatic carbocycles. The Morgan fingerprint density at radius 2 is 1.31 bits per heavy atom. The molecule has 4 aromatic rings. The zero-order chi connectivity index (χ0) is 22.0. The van der Waals surface area contributed by atoms with E-state index in [-0.39, 0.29) is 0 Å². The van der Waals surface area contributed by atoms with Gasteiger partial charge in [0.15, 0.2) is 0 Å². The molecule has 4 nitrogen and oxygen atoms in total. The lowest BCUT2D eigenvalue weighted by molar-refractivity contribution is 0.607. The van der Waals surface area contributed by atoms with Gasteiger partial charge in [-0.15, -0.1) is 10.2 Å². The maximum absolute atomic E-state index is 4.56. The average Bonchev–Trinajstić information content (AvgIpc) is 2.87. The van der Waals surface area contributed by atoms with Crippen LogP contribution in [0.5, 0.6) is 0 Å². The van der Waals surface area contributed by atoms with Gasteiger partial charge >= 0.3 is 0 Å². The molecule has 0 radical (unpaired) electrons. The third kappa shape index (κ3) is 5.64. The van der Waals surface area contributed by atoms with Gasteiger partial charge in [0.1, 0.15) is 11.4 Å². The van der Waals surface area contributed by atoms with E-state index in [9.17, 15) is 0 Å². The number of nitrogens with zero attached hydrogens (tertiary/aromatic N) is 4. The van der Waals surface area contributed by atoms with Gasteiger partial charge in [0.25, 0.3) is 0 Å². The Morgan fingerprint density at radius 1 is 0.625 bits per heavy atom. The van der Waals surface area contributed by atoms with Crippen molar-refractivity contribution in [2.24, 2.45) is 0 Å². The molecule has 0 aliphatic rings. The molecule has 4 rings (SSSR count). The second-order valence-corrected chi connectivity index (χ2v) is 8.14. The normalized spacial score (nSPS) is 10.9. The van der Waals surface area contributed by atoms with Crippen LogP contribution in [0.2, 0.25) is 0 Å². The largest absolute Gasteiger partial charge is 0.255 e. The predicted octanol–water partition coefficient (Wildman–Crippen LogP) is 7.17. The number of rotatable bonds is 10. The lowest BCUT2D eigenvalue weighted by Crippen LogP contribution is -1.98. The molecule has 0 saturated carbocycles. The molecule has 0 aliphatic carbocycles. The summed E-state index contributed by atoms with van der Waals surface area (Å²) in [6, 6.07) is 22.6. The number of unbranched alkanes of at least 4 members (excludes halogenated alkanes) is 5. The first kappa shape index (κ1) is 21.8. The summed E-state index contributed by atoms with van der Waals surface area (Å²) in [5.74, 6) is 0. The number of hydrogen-bond donors (Lipinski definition) is 0. The number of benzene rings is 1. The maximum Gasteiger partial charge on any atom is 0.119 e. The van der Waals surface area contributed by atoms with Crippen molar-refractivity contribution in [3.63, 3.8) is 0 Å². The van der Waals surface area contributed by atoms with Crippen LogP contribution in [0.3, 0.4) is 0 Å². The summed E-state index contributed by atoms with van der Waals surface area (Å²) in [6.07, 6.45) is 12.6. The summed E-state index contributed by atoms with van der Waals surface area (Å²) in [5, 5.41) is 9.00. The number of aryl methyl sites for hydroxylation is 1. The molecule has 0 amide bonds. The molecule has 0 fully saturated rings. The van der Waals surface area contributed by atoms with Crippen LogP contribution in [-0.2, 0) is 6.42 Å². The zero-order valence-corrected chi connectivity index (χ0v) is 18.7. The molecule has 32 heavy (non-hydrogen) atoms. The van der Waals surface area contributed by atoms with E-state index in [1.807, 2.05) is 36.4 Å². The maximum atomic E-state index is 4.56. The Labute approximate surface area is 190 Å². The van der Waals surface area contributed by atoms with Gasteiger partial charge in [0.05, 0.1) is 11.4 Å².